The molecule has 0 aromatic carbocycles. The molecule has 0 bridgehead atoms. The van der Waals surface area contributed by atoms with Gasteiger partial charge in [0.2, 0.25) is 0 Å². The average molecular weight is 236 g/mol. The van der Waals surface area contributed by atoms with Gasteiger partial charge in [-0.1, -0.05) is 17.8 Å². The second-order valence-corrected chi connectivity index (χ2v) is 5.65. The molecule has 0 fully saturated rings. The zero-order chi connectivity index (χ0) is 9.90. The lowest BCUT2D eigenvalue weighted by Crippen LogP contribution is -2.09. The Kier molecular flexibility index (Phi) is 3.34. The highest BCUT2D eigenvalue weighted by atomic mass is 32.2. The van der Waals surface area contributed by atoms with Crippen molar-refractivity contribution in [3.05, 3.63) is 17.5 Å². The van der Waals surface area contributed by atoms with Crippen LogP contribution >= 0.6 is 23.1 Å². The van der Waals surface area contributed by atoms with Gasteiger partial charge < -0.3 is 5.73 Å². The summed E-state index contributed by atoms with van der Waals surface area (Å²) in [6, 6.07) is 3.15. The Hall–Kier alpha value is -0.530. The van der Waals surface area contributed by atoms with E-state index in [2.05, 4.69) is 4.40 Å². The molecular weight excluding hydrogens is 228 g/mol. The van der Waals surface area contributed by atoms with Crippen molar-refractivity contribution in [1.29, 1.82) is 0 Å². The summed E-state index contributed by atoms with van der Waals surface area (Å²) in [6.45, 7) is 0. The van der Waals surface area contributed by atoms with E-state index in [1.54, 1.807) is 17.7 Å². The van der Waals surface area contributed by atoms with Crippen LogP contribution < -0.4 is 5.73 Å². The van der Waals surface area contributed by atoms with Crippen LogP contribution in [-0.2, 0) is 10.0 Å². The van der Waals surface area contributed by atoms with Gasteiger partial charge >= 0.3 is 0 Å². The van der Waals surface area contributed by atoms with Crippen molar-refractivity contribution in [1.82, 2.24) is 0 Å². The fourth-order valence-corrected chi connectivity index (χ4v) is 2.99. The summed E-state index contributed by atoms with van der Waals surface area (Å²) in [7, 11) is -3.57. The lowest BCUT2D eigenvalue weighted by atomic mass is 10.7. The van der Waals surface area contributed by atoms with Crippen LogP contribution in [0.1, 0.15) is 0 Å². The molecule has 0 aliphatic carbocycles. The van der Waals surface area contributed by atoms with Crippen LogP contribution in [0.3, 0.4) is 0 Å². The van der Waals surface area contributed by atoms with Crippen LogP contribution in [0, 0.1) is 0 Å². The number of thioether (sulfide) groups is 1. The Morgan fingerprint density at radius 3 is 2.85 bits per heavy atom. The Labute approximate surface area is 84.9 Å². The molecular formula is C6H8N2O2S3. The maximum absolute atomic E-state index is 11.4. The van der Waals surface area contributed by atoms with Crippen molar-refractivity contribution in [3.63, 3.8) is 0 Å². The molecule has 2 N–H and O–H groups in total. The largest absolute Gasteiger partial charge is 0.378 e. The number of rotatable bonds is 2. The summed E-state index contributed by atoms with van der Waals surface area (Å²) in [5.41, 5.74) is 5.30. The molecule has 7 heteroatoms. The smallest absolute Gasteiger partial charge is 0.294 e. The Bertz CT molecular complexity index is 394. The van der Waals surface area contributed by atoms with E-state index in [0.29, 0.717) is 0 Å². The molecule has 0 aliphatic heterocycles. The number of nitrogens with zero attached hydrogens (tertiary/aromatic N) is 1. The van der Waals surface area contributed by atoms with E-state index in [1.165, 1.54) is 6.07 Å². The minimum Gasteiger partial charge on any atom is -0.378 e. The predicted molar refractivity (Wildman–Crippen MR) is 56.6 cm³/mol. The van der Waals surface area contributed by atoms with Crippen LogP contribution in [0.2, 0.25) is 0 Å². The molecule has 4 nitrogen and oxygen atoms in total. The van der Waals surface area contributed by atoms with Gasteiger partial charge in [-0.15, -0.1) is 15.7 Å². The van der Waals surface area contributed by atoms with Crippen molar-refractivity contribution in [2.45, 2.75) is 4.21 Å². The van der Waals surface area contributed by atoms with Crippen LogP contribution in [0.25, 0.3) is 0 Å². The van der Waals surface area contributed by atoms with E-state index >= 15 is 0 Å². The van der Waals surface area contributed by atoms with E-state index < -0.39 is 10.0 Å². The third-order valence-corrected chi connectivity index (χ3v) is 4.46. The van der Waals surface area contributed by atoms with E-state index in [0.717, 1.165) is 23.1 Å². The van der Waals surface area contributed by atoms with Gasteiger partial charge in [0.15, 0.2) is 5.17 Å². The van der Waals surface area contributed by atoms with Crippen LogP contribution in [0.15, 0.2) is 26.1 Å². The van der Waals surface area contributed by atoms with Crippen LogP contribution in [-0.4, -0.2) is 19.8 Å². The first-order valence-corrected chi connectivity index (χ1v) is 6.78. The zero-order valence-electron chi connectivity index (χ0n) is 6.80. The summed E-state index contributed by atoms with van der Waals surface area (Å²) in [5, 5.41) is 1.73. The SMILES string of the molecule is CSC(N)=NS(=O)(=O)c1cccs1. The van der Waals surface area contributed by atoms with Gasteiger partial charge in [0.1, 0.15) is 4.21 Å². The van der Waals surface area contributed by atoms with Crippen molar-refractivity contribution in [3.8, 4) is 0 Å². The topological polar surface area (TPSA) is 72.5 Å². The van der Waals surface area contributed by atoms with E-state index in [4.69, 9.17) is 5.73 Å². The molecule has 0 aliphatic rings. The molecule has 0 spiro atoms. The van der Waals surface area contributed by atoms with Crippen molar-refractivity contribution < 1.29 is 8.42 Å². The standard InChI is InChI=1S/C6H8N2O2S3/c1-11-6(7)8-13(9,10)5-3-2-4-12-5/h2-4H,1H3,(H2,7,8). The molecule has 72 valence electrons. The lowest BCUT2D eigenvalue weighted by molar-refractivity contribution is 0.600. The van der Waals surface area contributed by atoms with Crippen LogP contribution in [0.4, 0.5) is 0 Å². The summed E-state index contributed by atoms with van der Waals surface area (Å²) in [5.74, 6) is 0. The first-order chi connectivity index (χ1) is 6.06. The average Bonchev–Trinajstić information content (AvgIpc) is 2.55. The number of hydrogen-bond donors (Lipinski definition) is 1. The minimum atomic E-state index is -3.57. The second kappa shape index (κ2) is 4.12. The number of hydrogen-bond acceptors (Lipinski definition) is 4. The summed E-state index contributed by atoms with van der Waals surface area (Å²) in [6.07, 6.45) is 1.67. The van der Waals surface area contributed by atoms with Gasteiger partial charge in [0, 0.05) is 0 Å². The highest BCUT2D eigenvalue weighted by Gasteiger charge is 2.13. The van der Waals surface area contributed by atoms with Crippen molar-refractivity contribution >= 4 is 38.3 Å². The van der Waals surface area contributed by atoms with Crippen LogP contribution in [0.5, 0.6) is 0 Å². The summed E-state index contributed by atoms with van der Waals surface area (Å²) >= 11 is 2.22. The monoisotopic (exact) mass is 236 g/mol. The minimum absolute atomic E-state index is 0.0494. The van der Waals surface area contributed by atoms with Gasteiger partial charge in [0.25, 0.3) is 10.0 Å². The van der Waals surface area contributed by atoms with Gasteiger partial charge in [-0.05, 0) is 17.7 Å². The maximum atomic E-state index is 11.4. The molecule has 0 unspecified atom stereocenters. The predicted octanol–water partition coefficient (Wildman–Crippen LogP) is 1.11. The molecule has 0 saturated heterocycles. The fraction of sp³-hybridized carbons (Fsp3) is 0.167. The Morgan fingerprint density at radius 1 is 1.69 bits per heavy atom. The second-order valence-electron chi connectivity index (χ2n) is 2.04. The lowest BCUT2D eigenvalue weighted by Gasteiger charge is -1.95. The Morgan fingerprint density at radius 2 is 2.38 bits per heavy atom. The van der Waals surface area contributed by atoms with Crippen molar-refractivity contribution in [2.75, 3.05) is 6.26 Å². The van der Waals surface area contributed by atoms with Crippen molar-refractivity contribution in [2.24, 2.45) is 10.1 Å². The highest BCUT2D eigenvalue weighted by molar-refractivity contribution is 8.13. The first kappa shape index (κ1) is 10.6. The molecule has 13 heavy (non-hydrogen) atoms. The Balaban J connectivity index is 3.05. The number of sulfonamides is 1. The normalized spacial score (nSPS) is 13.2. The number of nitrogens with two attached hydrogens (primary N) is 1. The quantitative estimate of drug-likeness (QED) is 0.617. The van der Waals surface area contributed by atoms with E-state index in [9.17, 15) is 8.42 Å². The molecule has 0 amide bonds. The van der Waals surface area contributed by atoms with Gasteiger partial charge in [-0.25, -0.2) is 0 Å². The fourth-order valence-electron chi connectivity index (χ4n) is 0.611. The molecule has 1 aromatic rings. The molecule has 0 saturated carbocycles. The third kappa shape index (κ3) is 2.71. The van der Waals surface area contributed by atoms with E-state index in [1.807, 2.05) is 0 Å². The van der Waals surface area contributed by atoms with E-state index in [-0.39, 0.29) is 9.38 Å². The maximum Gasteiger partial charge on any atom is 0.294 e. The summed E-state index contributed by atoms with van der Waals surface area (Å²) < 4.78 is 26.4. The third-order valence-electron chi connectivity index (χ3n) is 1.17. The van der Waals surface area contributed by atoms with Gasteiger partial charge in [-0.3, -0.25) is 0 Å². The number of thiophene rings is 1. The molecule has 0 atom stereocenters. The van der Waals surface area contributed by atoms with Gasteiger partial charge in [-0.2, -0.15) is 8.42 Å². The first-order valence-electron chi connectivity index (χ1n) is 3.24. The zero-order valence-corrected chi connectivity index (χ0v) is 9.25. The summed E-state index contributed by atoms with van der Waals surface area (Å²) in [4.78, 5) is 0. The highest BCUT2D eigenvalue weighted by Crippen LogP contribution is 2.18. The van der Waals surface area contributed by atoms with Gasteiger partial charge in [0.05, 0.1) is 0 Å². The molecule has 0 radical (unpaired) electrons. The molecule has 1 aromatic heterocycles. The number of amidine groups is 1. The molecule has 1 rings (SSSR count). The molecule has 1 heterocycles.